The van der Waals surface area contributed by atoms with Gasteiger partial charge in [-0.2, -0.15) is 0 Å². The van der Waals surface area contributed by atoms with E-state index in [2.05, 4.69) is 0 Å². The van der Waals surface area contributed by atoms with Gasteiger partial charge in [-0.25, -0.2) is 13.6 Å². The van der Waals surface area contributed by atoms with E-state index in [0.717, 1.165) is 5.56 Å². The number of aliphatic hydroxyl groups is 1. The summed E-state index contributed by atoms with van der Waals surface area (Å²) in [5.74, 6) is -0.852. The molecule has 0 saturated carbocycles. The number of carbonyl (C=O) groups is 1. The summed E-state index contributed by atoms with van der Waals surface area (Å²) in [6.45, 7) is 3.79. The molecule has 30 heavy (non-hydrogen) atoms. The fraction of sp³-hybridized carbons (Fsp3) is 0.208. The molecule has 2 amide bonds. The van der Waals surface area contributed by atoms with Crippen LogP contribution in [-0.2, 0) is 5.72 Å². The molecule has 0 spiro atoms. The second-order valence-electron chi connectivity index (χ2n) is 7.46. The number of amides is 2. The first-order valence-electron chi connectivity index (χ1n) is 9.80. The molecule has 0 aliphatic carbocycles. The molecule has 1 unspecified atom stereocenters. The molecular formula is C24H22F2N2O2. The van der Waals surface area contributed by atoms with Crippen LogP contribution in [0.5, 0.6) is 0 Å². The fourth-order valence-electron chi connectivity index (χ4n) is 4.17. The van der Waals surface area contributed by atoms with Gasteiger partial charge in [0, 0.05) is 16.9 Å². The van der Waals surface area contributed by atoms with Gasteiger partial charge in [-0.05, 0) is 61.9 Å². The van der Waals surface area contributed by atoms with E-state index in [-0.39, 0.29) is 0 Å². The van der Waals surface area contributed by atoms with Crippen LogP contribution in [0.2, 0.25) is 0 Å². The van der Waals surface area contributed by atoms with Crippen molar-refractivity contribution in [2.45, 2.75) is 32.0 Å². The molecule has 2 atom stereocenters. The predicted octanol–water partition coefficient (Wildman–Crippen LogP) is 5.34. The minimum Gasteiger partial charge on any atom is -0.365 e. The molecule has 4 rings (SSSR count). The molecule has 3 aromatic rings. The second kappa shape index (κ2) is 7.54. The van der Waals surface area contributed by atoms with E-state index in [4.69, 9.17) is 0 Å². The normalized spacial score (nSPS) is 21.4. The molecular weight excluding hydrogens is 386 g/mol. The number of hydrogen-bond acceptors (Lipinski definition) is 2. The smallest absolute Gasteiger partial charge is 0.332 e. The fourth-order valence-corrected chi connectivity index (χ4v) is 4.17. The molecule has 0 aromatic heterocycles. The lowest BCUT2D eigenvalue weighted by molar-refractivity contribution is 0.0306. The van der Waals surface area contributed by atoms with E-state index < -0.39 is 29.4 Å². The van der Waals surface area contributed by atoms with Crippen LogP contribution in [-0.4, -0.2) is 17.2 Å². The van der Waals surface area contributed by atoms with Gasteiger partial charge in [0.1, 0.15) is 11.6 Å². The van der Waals surface area contributed by atoms with Crippen molar-refractivity contribution < 1.29 is 18.7 Å². The Labute approximate surface area is 174 Å². The van der Waals surface area contributed by atoms with Gasteiger partial charge in [0.05, 0.1) is 6.04 Å². The van der Waals surface area contributed by atoms with Crippen LogP contribution in [0.25, 0.3) is 0 Å². The maximum absolute atomic E-state index is 13.6. The average molecular weight is 408 g/mol. The van der Waals surface area contributed by atoms with Crippen LogP contribution >= 0.6 is 0 Å². The highest BCUT2D eigenvalue weighted by Gasteiger charge is 2.58. The first-order valence-corrected chi connectivity index (χ1v) is 9.80. The van der Waals surface area contributed by atoms with Crippen molar-refractivity contribution >= 4 is 17.4 Å². The minimum absolute atomic E-state index is 0.369. The van der Waals surface area contributed by atoms with Crippen LogP contribution in [0, 0.1) is 18.6 Å². The van der Waals surface area contributed by atoms with Crippen LogP contribution in [0.4, 0.5) is 25.0 Å². The van der Waals surface area contributed by atoms with E-state index in [1.54, 1.807) is 6.07 Å². The molecule has 0 bridgehead atoms. The van der Waals surface area contributed by atoms with Crippen LogP contribution in [0.3, 0.4) is 0 Å². The van der Waals surface area contributed by atoms with Crippen molar-refractivity contribution in [3.8, 4) is 0 Å². The number of aryl methyl sites for hydroxylation is 1. The SMILES string of the molecule is CC[C@@H]1N(c2ccc(F)cc2)C(=O)N(c2ccc(F)cc2)C1(O)c1cccc(C)c1. The maximum Gasteiger partial charge on any atom is 0.332 e. The molecule has 154 valence electrons. The number of hydrogen-bond donors (Lipinski definition) is 1. The summed E-state index contributed by atoms with van der Waals surface area (Å²) in [4.78, 5) is 16.4. The summed E-state index contributed by atoms with van der Waals surface area (Å²) in [5, 5.41) is 12.1. The summed E-state index contributed by atoms with van der Waals surface area (Å²) < 4.78 is 27.0. The molecule has 1 aliphatic heterocycles. The standard InChI is InChI=1S/C24H22F2N2O2/c1-3-22-24(30,17-6-4-5-16(2)15-17)28(21-13-9-19(26)10-14-21)23(29)27(22)20-11-7-18(25)8-12-20/h4-15,22,30H,3H2,1-2H3/t22-,24?/m0/s1. The van der Waals surface area contributed by atoms with E-state index in [0.29, 0.717) is 23.4 Å². The predicted molar refractivity (Wildman–Crippen MR) is 112 cm³/mol. The van der Waals surface area contributed by atoms with Crippen molar-refractivity contribution in [3.05, 3.63) is 95.6 Å². The van der Waals surface area contributed by atoms with Gasteiger partial charge in [0.2, 0.25) is 0 Å². The molecule has 3 aromatic carbocycles. The monoisotopic (exact) mass is 408 g/mol. The summed E-state index contributed by atoms with van der Waals surface area (Å²) in [6, 6.07) is 17.2. The van der Waals surface area contributed by atoms with E-state index in [9.17, 15) is 18.7 Å². The highest BCUT2D eigenvalue weighted by molar-refractivity contribution is 6.08. The van der Waals surface area contributed by atoms with Gasteiger partial charge < -0.3 is 5.11 Å². The Bertz CT molecular complexity index is 1070. The molecule has 1 N–H and O–H groups in total. The maximum atomic E-state index is 13.6. The summed E-state index contributed by atoms with van der Waals surface area (Å²) in [7, 11) is 0. The third-order valence-corrected chi connectivity index (χ3v) is 5.53. The second-order valence-corrected chi connectivity index (χ2v) is 7.46. The third kappa shape index (κ3) is 3.13. The number of carbonyl (C=O) groups excluding carboxylic acids is 1. The highest BCUT2D eigenvalue weighted by Crippen LogP contribution is 2.45. The quantitative estimate of drug-likeness (QED) is 0.633. The van der Waals surface area contributed by atoms with Crippen molar-refractivity contribution in [2.75, 3.05) is 9.80 Å². The van der Waals surface area contributed by atoms with Crippen molar-refractivity contribution in [1.82, 2.24) is 0 Å². The molecule has 1 aliphatic rings. The van der Waals surface area contributed by atoms with Gasteiger partial charge in [-0.15, -0.1) is 0 Å². The number of urea groups is 1. The molecule has 6 heteroatoms. The Balaban J connectivity index is 1.94. The third-order valence-electron chi connectivity index (χ3n) is 5.53. The van der Waals surface area contributed by atoms with Crippen LogP contribution < -0.4 is 9.80 Å². The van der Waals surface area contributed by atoms with Gasteiger partial charge >= 0.3 is 6.03 Å². The van der Waals surface area contributed by atoms with Crippen molar-refractivity contribution in [1.29, 1.82) is 0 Å². The topological polar surface area (TPSA) is 43.8 Å². The summed E-state index contributed by atoms with van der Waals surface area (Å²) >= 11 is 0. The number of halogens is 2. The van der Waals surface area contributed by atoms with E-state index in [1.807, 2.05) is 32.0 Å². The number of anilines is 2. The summed E-state index contributed by atoms with van der Waals surface area (Å²) in [6.07, 6.45) is 0.436. The Morgan fingerprint density at radius 1 is 0.933 bits per heavy atom. The molecule has 1 heterocycles. The lowest BCUT2D eigenvalue weighted by atomic mass is 9.91. The lowest BCUT2D eigenvalue weighted by Crippen LogP contribution is -2.49. The average Bonchev–Trinajstić information content (AvgIpc) is 2.97. The largest absolute Gasteiger partial charge is 0.365 e. The highest BCUT2D eigenvalue weighted by atomic mass is 19.1. The van der Waals surface area contributed by atoms with Gasteiger partial charge in [-0.1, -0.05) is 36.8 Å². The van der Waals surface area contributed by atoms with E-state index in [1.165, 1.54) is 58.3 Å². The number of nitrogens with zero attached hydrogens (tertiary/aromatic N) is 2. The number of rotatable bonds is 4. The van der Waals surface area contributed by atoms with E-state index >= 15 is 0 Å². The Kier molecular flexibility index (Phi) is 5.03. The Hall–Kier alpha value is -3.25. The molecule has 4 nitrogen and oxygen atoms in total. The van der Waals surface area contributed by atoms with Crippen molar-refractivity contribution in [3.63, 3.8) is 0 Å². The summed E-state index contributed by atoms with van der Waals surface area (Å²) in [5.41, 5.74) is 0.626. The first-order chi connectivity index (χ1) is 14.4. The van der Waals surface area contributed by atoms with Gasteiger partial charge in [0.25, 0.3) is 0 Å². The molecule has 1 saturated heterocycles. The Morgan fingerprint density at radius 2 is 1.50 bits per heavy atom. The Morgan fingerprint density at radius 3 is 2.03 bits per heavy atom. The minimum atomic E-state index is -1.70. The van der Waals surface area contributed by atoms with Gasteiger partial charge in [0.15, 0.2) is 5.72 Å². The zero-order valence-corrected chi connectivity index (χ0v) is 16.7. The first kappa shape index (κ1) is 20.0. The van der Waals surface area contributed by atoms with Gasteiger partial charge in [-0.3, -0.25) is 9.80 Å². The lowest BCUT2D eigenvalue weighted by Gasteiger charge is -2.37. The van der Waals surface area contributed by atoms with Crippen molar-refractivity contribution in [2.24, 2.45) is 0 Å². The zero-order valence-electron chi connectivity index (χ0n) is 16.7. The van der Waals surface area contributed by atoms with Crippen LogP contribution in [0.1, 0.15) is 24.5 Å². The number of benzene rings is 3. The zero-order chi connectivity index (χ0) is 21.5. The molecule has 1 fully saturated rings. The molecule has 0 radical (unpaired) electrons. The van der Waals surface area contributed by atoms with Crippen LogP contribution in [0.15, 0.2) is 72.8 Å².